The third-order valence-electron chi connectivity index (χ3n) is 3.60. The summed E-state index contributed by atoms with van der Waals surface area (Å²) in [4.78, 5) is 9.32. The molecular formula is C14H22BrClN4. The molecule has 2 heterocycles. The largest absolute Gasteiger partial charge is 0.354 e. The Bertz CT molecular complexity index is 430. The Morgan fingerprint density at radius 3 is 2.85 bits per heavy atom. The number of hydrogen-bond donors (Lipinski definition) is 1. The lowest BCUT2D eigenvalue weighted by molar-refractivity contribution is 0.288. The van der Waals surface area contributed by atoms with E-state index in [1.807, 2.05) is 6.07 Å². The van der Waals surface area contributed by atoms with Gasteiger partial charge in [0.25, 0.3) is 0 Å². The Hall–Kier alpha value is -0.360. The lowest BCUT2D eigenvalue weighted by Gasteiger charge is -2.23. The highest BCUT2D eigenvalue weighted by Gasteiger charge is 2.17. The third kappa shape index (κ3) is 4.58. The Kier molecular flexibility index (Phi) is 6.55. The molecule has 1 saturated heterocycles. The summed E-state index contributed by atoms with van der Waals surface area (Å²) in [6, 6.07) is 1.91. The Morgan fingerprint density at radius 2 is 2.10 bits per heavy atom. The molecule has 0 aromatic carbocycles. The Morgan fingerprint density at radius 1 is 1.25 bits per heavy atom. The van der Waals surface area contributed by atoms with Gasteiger partial charge in [-0.1, -0.05) is 11.6 Å². The molecule has 1 aromatic rings. The zero-order valence-electron chi connectivity index (χ0n) is 11.7. The summed E-state index contributed by atoms with van der Waals surface area (Å²) in [6.45, 7) is 6.24. The standard InChI is InChI=1S/C14H22BrClN4/c15-13-10-12(16)11-18-14(13)20-7-3-6-19(8-9-20)5-2-1-4-17/h10-11H,1-9,17H2. The first-order valence-corrected chi connectivity index (χ1v) is 8.36. The number of aromatic nitrogens is 1. The van der Waals surface area contributed by atoms with E-state index in [1.165, 1.54) is 12.8 Å². The van der Waals surface area contributed by atoms with Crippen LogP contribution in [0.15, 0.2) is 16.7 Å². The molecule has 112 valence electrons. The first kappa shape index (κ1) is 16.0. The van der Waals surface area contributed by atoms with Crippen LogP contribution in [0.4, 0.5) is 5.82 Å². The quantitative estimate of drug-likeness (QED) is 0.819. The van der Waals surface area contributed by atoms with Gasteiger partial charge in [-0.2, -0.15) is 0 Å². The number of anilines is 1. The van der Waals surface area contributed by atoms with Crippen molar-refractivity contribution >= 4 is 33.3 Å². The molecule has 1 aliphatic rings. The number of halogens is 2. The van der Waals surface area contributed by atoms with E-state index >= 15 is 0 Å². The van der Waals surface area contributed by atoms with Gasteiger partial charge in [0.05, 0.1) is 9.50 Å². The van der Waals surface area contributed by atoms with Crippen molar-refractivity contribution in [1.29, 1.82) is 0 Å². The number of unbranched alkanes of at least 4 members (excludes halogenated alkanes) is 1. The normalized spacial score (nSPS) is 17.2. The summed E-state index contributed by atoms with van der Waals surface area (Å²) in [5.74, 6) is 0.998. The van der Waals surface area contributed by atoms with Crippen LogP contribution in [0.5, 0.6) is 0 Å². The van der Waals surface area contributed by atoms with E-state index in [-0.39, 0.29) is 0 Å². The van der Waals surface area contributed by atoms with Gasteiger partial charge in [-0.15, -0.1) is 0 Å². The fraction of sp³-hybridized carbons (Fsp3) is 0.643. The fourth-order valence-corrected chi connectivity index (χ4v) is 3.42. The van der Waals surface area contributed by atoms with Crippen molar-refractivity contribution in [3.8, 4) is 0 Å². The Balaban J connectivity index is 1.92. The molecule has 20 heavy (non-hydrogen) atoms. The maximum Gasteiger partial charge on any atom is 0.143 e. The van der Waals surface area contributed by atoms with Gasteiger partial charge in [0, 0.05) is 25.8 Å². The number of hydrogen-bond acceptors (Lipinski definition) is 4. The molecule has 0 bridgehead atoms. The van der Waals surface area contributed by atoms with Crippen molar-refractivity contribution in [2.24, 2.45) is 5.73 Å². The zero-order valence-corrected chi connectivity index (χ0v) is 14.0. The SMILES string of the molecule is NCCCCN1CCCN(c2ncc(Cl)cc2Br)CC1. The van der Waals surface area contributed by atoms with Crippen LogP contribution >= 0.6 is 27.5 Å². The topological polar surface area (TPSA) is 45.4 Å². The predicted octanol–water partition coefficient (Wildman–Crippen LogP) is 2.75. The summed E-state index contributed by atoms with van der Waals surface area (Å²) in [7, 11) is 0. The maximum absolute atomic E-state index is 5.95. The van der Waals surface area contributed by atoms with Gasteiger partial charge in [-0.25, -0.2) is 4.98 Å². The van der Waals surface area contributed by atoms with Crippen molar-refractivity contribution in [2.75, 3.05) is 44.2 Å². The first-order valence-electron chi connectivity index (χ1n) is 7.19. The third-order valence-corrected chi connectivity index (χ3v) is 4.40. The molecule has 0 amide bonds. The van der Waals surface area contributed by atoms with Gasteiger partial charge in [-0.3, -0.25) is 0 Å². The highest BCUT2D eigenvalue weighted by molar-refractivity contribution is 9.10. The molecule has 1 fully saturated rings. The Labute approximate surface area is 134 Å². The lowest BCUT2D eigenvalue weighted by atomic mass is 10.3. The van der Waals surface area contributed by atoms with E-state index in [1.54, 1.807) is 6.20 Å². The van der Waals surface area contributed by atoms with E-state index in [0.29, 0.717) is 5.02 Å². The monoisotopic (exact) mass is 360 g/mol. The predicted molar refractivity (Wildman–Crippen MR) is 88.5 cm³/mol. The molecule has 0 atom stereocenters. The average Bonchev–Trinajstić information content (AvgIpc) is 2.65. The van der Waals surface area contributed by atoms with Crippen LogP contribution in [0.1, 0.15) is 19.3 Å². The minimum absolute atomic E-state index is 0.666. The summed E-state index contributed by atoms with van der Waals surface area (Å²) >= 11 is 9.51. The van der Waals surface area contributed by atoms with E-state index in [2.05, 4.69) is 30.7 Å². The van der Waals surface area contributed by atoms with E-state index in [9.17, 15) is 0 Å². The lowest BCUT2D eigenvalue weighted by Crippen LogP contribution is -2.32. The summed E-state index contributed by atoms with van der Waals surface area (Å²) in [6.07, 6.45) is 5.19. The smallest absolute Gasteiger partial charge is 0.143 e. The van der Waals surface area contributed by atoms with Gasteiger partial charge in [0.2, 0.25) is 0 Å². The molecular weight excluding hydrogens is 340 g/mol. The second kappa shape index (κ2) is 8.17. The van der Waals surface area contributed by atoms with Gasteiger partial charge in [-0.05, 0) is 60.9 Å². The molecule has 4 nitrogen and oxygen atoms in total. The molecule has 0 unspecified atom stereocenters. The van der Waals surface area contributed by atoms with Crippen LogP contribution in [0.3, 0.4) is 0 Å². The highest BCUT2D eigenvalue weighted by Crippen LogP contribution is 2.27. The molecule has 1 aliphatic heterocycles. The van der Waals surface area contributed by atoms with Crippen LogP contribution in [0.2, 0.25) is 5.02 Å². The van der Waals surface area contributed by atoms with Gasteiger partial charge >= 0.3 is 0 Å². The molecule has 0 saturated carbocycles. The van der Waals surface area contributed by atoms with Crippen molar-refractivity contribution in [3.05, 3.63) is 21.8 Å². The summed E-state index contributed by atoms with van der Waals surface area (Å²) < 4.78 is 0.974. The molecule has 0 spiro atoms. The summed E-state index contributed by atoms with van der Waals surface area (Å²) in [5.41, 5.74) is 5.55. The second-order valence-corrected chi connectivity index (χ2v) is 6.43. The van der Waals surface area contributed by atoms with E-state index < -0.39 is 0 Å². The van der Waals surface area contributed by atoms with Crippen LogP contribution in [-0.4, -0.2) is 49.2 Å². The van der Waals surface area contributed by atoms with Crippen LogP contribution in [0.25, 0.3) is 0 Å². The molecule has 0 aliphatic carbocycles. The number of rotatable bonds is 5. The minimum Gasteiger partial charge on any atom is -0.354 e. The van der Waals surface area contributed by atoms with Crippen molar-refractivity contribution in [1.82, 2.24) is 9.88 Å². The zero-order chi connectivity index (χ0) is 14.4. The second-order valence-electron chi connectivity index (χ2n) is 5.14. The maximum atomic E-state index is 5.95. The van der Waals surface area contributed by atoms with E-state index in [4.69, 9.17) is 17.3 Å². The van der Waals surface area contributed by atoms with E-state index in [0.717, 1.165) is 56.0 Å². The summed E-state index contributed by atoms with van der Waals surface area (Å²) in [5, 5.41) is 0.666. The van der Waals surface area contributed by atoms with Crippen molar-refractivity contribution in [3.63, 3.8) is 0 Å². The van der Waals surface area contributed by atoms with Crippen LogP contribution < -0.4 is 10.6 Å². The molecule has 0 radical (unpaired) electrons. The molecule has 2 N–H and O–H groups in total. The molecule has 1 aromatic heterocycles. The van der Waals surface area contributed by atoms with Crippen LogP contribution in [-0.2, 0) is 0 Å². The average molecular weight is 362 g/mol. The number of nitrogens with zero attached hydrogens (tertiary/aromatic N) is 3. The number of pyridine rings is 1. The molecule has 2 rings (SSSR count). The van der Waals surface area contributed by atoms with Crippen LogP contribution in [0, 0.1) is 0 Å². The van der Waals surface area contributed by atoms with Gasteiger partial charge in [0.1, 0.15) is 5.82 Å². The minimum atomic E-state index is 0.666. The number of nitrogens with two attached hydrogens (primary N) is 1. The van der Waals surface area contributed by atoms with Crippen molar-refractivity contribution in [2.45, 2.75) is 19.3 Å². The first-order chi connectivity index (χ1) is 9.70. The molecule has 6 heteroatoms. The van der Waals surface area contributed by atoms with Gasteiger partial charge < -0.3 is 15.5 Å². The van der Waals surface area contributed by atoms with Crippen molar-refractivity contribution < 1.29 is 0 Å². The fourth-order valence-electron chi connectivity index (χ4n) is 2.53. The highest BCUT2D eigenvalue weighted by atomic mass is 79.9. The van der Waals surface area contributed by atoms with Gasteiger partial charge in [0.15, 0.2) is 0 Å².